The van der Waals surface area contributed by atoms with Gasteiger partial charge < -0.3 is 0 Å². The second-order valence-electron chi connectivity index (χ2n) is 3.71. The highest BCUT2D eigenvalue weighted by Gasteiger charge is 2.14. The van der Waals surface area contributed by atoms with Crippen molar-refractivity contribution in [1.82, 2.24) is 4.98 Å². The second-order valence-corrected chi connectivity index (χ2v) is 7.24. The lowest BCUT2D eigenvalue weighted by Crippen LogP contribution is -2.05. The summed E-state index contributed by atoms with van der Waals surface area (Å²) >= 11 is 1.77. The Morgan fingerprint density at radius 1 is 1.29 bits per heavy atom. The number of hydrogen-bond donors (Lipinski definition) is 0. The molecule has 0 aliphatic rings. The van der Waals surface area contributed by atoms with E-state index in [1.165, 1.54) is 10.6 Å². The first-order valence-corrected chi connectivity index (χ1v) is 9.09. The van der Waals surface area contributed by atoms with Crippen LogP contribution >= 0.6 is 32.9 Å². The summed E-state index contributed by atoms with van der Waals surface area (Å²) in [6.45, 7) is 0. The maximum Gasteiger partial charge on any atom is 0.0967 e. The first-order valence-electron chi connectivity index (χ1n) is 5.49. The average molecular weight is 281 g/mol. The van der Waals surface area contributed by atoms with Gasteiger partial charge in [-0.2, -0.15) is 0 Å². The Kier molecular flexibility index (Phi) is 5.42. The van der Waals surface area contributed by atoms with Crippen LogP contribution in [0.15, 0.2) is 41.9 Å². The zero-order chi connectivity index (χ0) is 11.9. The molecule has 0 amide bonds. The van der Waals surface area contributed by atoms with Crippen LogP contribution in [0.25, 0.3) is 0 Å². The smallest absolute Gasteiger partial charge is 0.0967 e. The molecule has 1 nitrogen and oxygen atoms in total. The summed E-state index contributed by atoms with van der Waals surface area (Å²) < 4.78 is 0. The van der Waals surface area contributed by atoms with Gasteiger partial charge in [0, 0.05) is 23.2 Å². The van der Waals surface area contributed by atoms with Gasteiger partial charge in [0.05, 0.1) is 5.01 Å². The first kappa shape index (κ1) is 13.0. The summed E-state index contributed by atoms with van der Waals surface area (Å²) in [6.07, 6.45) is 5.12. The van der Waals surface area contributed by atoms with Crippen molar-refractivity contribution >= 4 is 32.9 Å². The van der Waals surface area contributed by atoms with Crippen molar-refractivity contribution in [2.24, 2.45) is 0 Å². The van der Waals surface area contributed by atoms with Gasteiger partial charge in [0.1, 0.15) is 0 Å². The minimum Gasteiger partial charge on any atom is -0.249 e. The van der Waals surface area contributed by atoms with Gasteiger partial charge >= 0.3 is 0 Å². The largest absolute Gasteiger partial charge is 0.249 e. The van der Waals surface area contributed by atoms with Gasteiger partial charge in [0.2, 0.25) is 0 Å². The first-order chi connectivity index (χ1) is 8.40. The van der Waals surface area contributed by atoms with E-state index >= 15 is 0 Å². The third-order valence-corrected chi connectivity index (χ3v) is 5.34. The normalized spacial score (nSPS) is 12.5. The van der Waals surface area contributed by atoms with Crippen LogP contribution in [-0.2, 0) is 6.42 Å². The molecule has 2 rings (SSSR count). The molecule has 2 aromatic rings. The number of rotatable bonds is 6. The maximum absolute atomic E-state index is 4.46. The molecule has 1 heterocycles. The lowest BCUT2D eigenvalue weighted by molar-refractivity contribution is 0.764. The number of aromatic nitrogens is 1. The molecule has 0 aliphatic carbocycles. The molecule has 0 fully saturated rings. The van der Waals surface area contributed by atoms with Crippen LogP contribution in [0.4, 0.5) is 0 Å². The highest BCUT2D eigenvalue weighted by molar-refractivity contribution is 8.76. The van der Waals surface area contributed by atoms with Gasteiger partial charge in [-0.1, -0.05) is 51.9 Å². The quantitative estimate of drug-likeness (QED) is 0.725. The zero-order valence-corrected chi connectivity index (χ0v) is 12.2. The van der Waals surface area contributed by atoms with E-state index in [2.05, 4.69) is 47.0 Å². The number of nitrogens with zero attached hydrogens (tertiary/aromatic N) is 1. The third-order valence-electron chi connectivity index (χ3n) is 2.51. The van der Waals surface area contributed by atoms with Gasteiger partial charge in [0.15, 0.2) is 0 Å². The van der Waals surface area contributed by atoms with E-state index in [0.29, 0.717) is 5.92 Å². The Bertz CT molecular complexity index is 413. The van der Waals surface area contributed by atoms with E-state index in [1.807, 2.05) is 27.8 Å². The SMILES string of the molecule is CSSCC(Cc1ccccc1)c1nccs1. The zero-order valence-electron chi connectivity index (χ0n) is 9.70. The molecule has 0 aliphatic heterocycles. The summed E-state index contributed by atoms with van der Waals surface area (Å²) in [5.41, 5.74) is 1.40. The second kappa shape index (κ2) is 7.09. The number of thiazole rings is 1. The van der Waals surface area contributed by atoms with Gasteiger partial charge in [-0.15, -0.1) is 11.3 Å². The summed E-state index contributed by atoms with van der Waals surface area (Å²) in [7, 11) is 3.75. The molecule has 0 radical (unpaired) electrons. The number of hydrogen-bond acceptors (Lipinski definition) is 4. The molecule has 1 aromatic heterocycles. The summed E-state index contributed by atoms with van der Waals surface area (Å²) in [5.74, 6) is 1.67. The molecule has 17 heavy (non-hydrogen) atoms. The highest BCUT2D eigenvalue weighted by atomic mass is 33.1. The molecule has 1 unspecified atom stereocenters. The molecule has 0 spiro atoms. The Hall–Kier alpha value is -0.450. The van der Waals surface area contributed by atoms with Crippen LogP contribution in [0.2, 0.25) is 0 Å². The monoisotopic (exact) mass is 281 g/mol. The highest BCUT2D eigenvalue weighted by Crippen LogP contribution is 2.30. The maximum atomic E-state index is 4.46. The van der Waals surface area contributed by atoms with E-state index in [4.69, 9.17) is 0 Å². The van der Waals surface area contributed by atoms with E-state index in [0.717, 1.165) is 12.2 Å². The predicted octanol–water partition coefficient (Wildman–Crippen LogP) is 4.48. The van der Waals surface area contributed by atoms with Crippen LogP contribution in [0.5, 0.6) is 0 Å². The number of benzene rings is 1. The predicted molar refractivity (Wildman–Crippen MR) is 81.0 cm³/mol. The van der Waals surface area contributed by atoms with Crippen molar-refractivity contribution in [2.45, 2.75) is 12.3 Å². The van der Waals surface area contributed by atoms with Crippen LogP contribution in [0.3, 0.4) is 0 Å². The molecule has 0 saturated carbocycles. The van der Waals surface area contributed by atoms with Crippen LogP contribution in [0.1, 0.15) is 16.5 Å². The van der Waals surface area contributed by atoms with E-state index < -0.39 is 0 Å². The Balaban J connectivity index is 2.06. The van der Waals surface area contributed by atoms with Gasteiger partial charge in [0.25, 0.3) is 0 Å². The summed E-state index contributed by atoms with van der Waals surface area (Å²) in [4.78, 5) is 4.46. The Labute approximate surface area is 114 Å². The van der Waals surface area contributed by atoms with E-state index in [1.54, 1.807) is 11.3 Å². The average Bonchev–Trinajstić information content (AvgIpc) is 2.89. The van der Waals surface area contributed by atoms with E-state index in [9.17, 15) is 0 Å². The molecular formula is C13H15NS3. The molecule has 1 aromatic carbocycles. The topological polar surface area (TPSA) is 12.9 Å². The van der Waals surface area contributed by atoms with Gasteiger partial charge in [-0.25, -0.2) is 4.98 Å². The fourth-order valence-corrected chi connectivity index (χ4v) is 4.03. The van der Waals surface area contributed by atoms with Crippen molar-refractivity contribution in [3.8, 4) is 0 Å². The van der Waals surface area contributed by atoms with Crippen LogP contribution in [-0.4, -0.2) is 17.0 Å². The molecule has 0 saturated heterocycles. The molecule has 0 bridgehead atoms. The standard InChI is InChI=1S/C13H15NS3/c1-15-17-10-12(13-14-7-8-16-13)9-11-5-3-2-4-6-11/h2-8,12H,9-10H2,1H3. The molecule has 1 atom stereocenters. The van der Waals surface area contributed by atoms with Crippen molar-refractivity contribution in [3.05, 3.63) is 52.5 Å². The van der Waals surface area contributed by atoms with Crippen molar-refractivity contribution in [3.63, 3.8) is 0 Å². The van der Waals surface area contributed by atoms with Crippen LogP contribution in [0, 0.1) is 0 Å². The van der Waals surface area contributed by atoms with Crippen molar-refractivity contribution in [1.29, 1.82) is 0 Å². The van der Waals surface area contributed by atoms with E-state index in [-0.39, 0.29) is 0 Å². The lowest BCUT2D eigenvalue weighted by atomic mass is 10.0. The summed E-state index contributed by atoms with van der Waals surface area (Å²) in [6, 6.07) is 10.7. The van der Waals surface area contributed by atoms with Gasteiger partial charge in [-0.3, -0.25) is 0 Å². The molecule has 90 valence electrons. The molecule has 4 heteroatoms. The van der Waals surface area contributed by atoms with Crippen molar-refractivity contribution < 1.29 is 0 Å². The van der Waals surface area contributed by atoms with Crippen molar-refractivity contribution in [2.75, 3.05) is 12.0 Å². The third kappa shape index (κ3) is 4.05. The Morgan fingerprint density at radius 3 is 2.76 bits per heavy atom. The fraction of sp³-hybridized carbons (Fsp3) is 0.308. The Morgan fingerprint density at radius 2 is 2.12 bits per heavy atom. The summed E-state index contributed by atoms with van der Waals surface area (Å²) in [5, 5.41) is 3.33. The van der Waals surface area contributed by atoms with Gasteiger partial charge in [-0.05, 0) is 18.2 Å². The lowest BCUT2D eigenvalue weighted by Gasteiger charge is -2.13. The minimum atomic E-state index is 0.537. The minimum absolute atomic E-state index is 0.537. The molecular weight excluding hydrogens is 266 g/mol. The van der Waals surface area contributed by atoms with Crippen LogP contribution < -0.4 is 0 Å². The molecule has 0 N–H and O–H groups in total. The fourth-order valence-electron chi connectivity index (χ4n) is 1.70.